The fourth-order valence-electron chi connectivity index (χ4n) is 1.46. The first kappa shape index (κ1) is 14.7. The van der Waals surface area contributed by atoms with Crippen molar-refractivity contribution in [3.8, 4) is 0 Å². The van der Waals surface area contributed by atoms with Gasteiger partial charge in [0.1, 0.15) is 6.04 Å². The maximum atomic E-state index is 11.7. The Kier molecular flexibility index (Phi) is 7.33. The van der Waals surface area contributed by atoms with Crippen LogP contribution in [0.1, 0.15) is 40.0 Å². The SMILES string of the molecule is CCC[C@@H](NC(=O)N(CC)CCC)C(=O)O. The van der Waals surface area contributed by atoms with Crippen LogP contribution in [0.4, 0.5) is 4.79 Å². The monoisotopic (exact) mass is 230 g/mol. The maximum Gasteiger partial charge on any atom is 0.326 e. The standard InChI is InChI=1S/C11H22N2O3/c1-4-7-9(10(14)15)12-11(16)13(6-3)8-5-2/h9H,4-8H2,1-3H3,(H,12,16)(H,14,15)/t9-/m1/s1. The van der Waals surface area contributed by atoms with Crippen molar-refractivity contribution in [2.45, 2.75) is 46.1 Å². The molecule has 1 atom stereocenters. The number of aliphatic carboxylic acids is 1. The van der Waals surface area contributed by atoms with Gasteiger partial charge in [0, 0.05) is 13.1 Å². The van der Waals surface area contributed by atoms with E-state index in [2.05, 4.69) is 5.32 Å². The molecule has 0 saturated heterocycles. The zero-order chi connectivity index (χ0) is 12.6. The molecule has 0 unspecified atom stereocenters. The predicted octanol–water partition coefficient (Wildman–Crippen LogP) is 1.68. The maximum absolute atomic E-state index is 11.7. The molecule has 0 bridgehead atoms. The Morgan fingerprint density at radius 2 is 1.88 bits per heavy atom. The Morgan fingerprint density at radius 1 is 1.25 bits per heavy atom. The normalized spacial score (nSPS) is 11.9. The van der Waals surface area contributed by atoms with E-state index in [0.717, 1.165) is 12.8 Å². The molecule has 0 aromatic carbocycles. The highest BCUT2D eigenvalue weighted by molar-refractivity contribution is 5.82. The Labute approximate surface area is 96.8 Å². The summed E-state index contributed by atoms with van der Waals surface area (Å²) in [6.45, 7) is 7.01. The van der Waals surface area contributed by atoms with Crippen LogP contribution in [0.25, 0.3) is 0 Å². The molecule has 16 heavy (non-hydrogen) atoms. The minimum absolute atomic E-state index is 0.287. The summed E-state index contributed by atoms with van der Waals surface area (Å²) in [5.74, 6) is -0.970. The second kappa shape index (κ2) is 7.96. The van der Waals surface area contributed by atoms with Crippen molar-refractivity contribution in [3.05, 3.63) is 0 Å². The lowest BCUT2D eigenvalue weighted by molar-refractivity contribution is -0.139. The number of nitrogens with zero attached hydrogens (tertiary/aromatic N) is 1. The van der Waals surface area contributed by atoms with Gasteiger partial charge >= 0.3 is 12.0 Å². The van der Waals surface area contributed by atoms with E-state index >= 15 is 0 Å². The lowest BCUT2D eigenvalue weighted by atomic mass is 10.2. The summed E-state index contributed by atoms with van der Waals surface area (Å²) in [6.07, 6.45) is 2.06. The fraction of sp³-hybridized carbons (Fsp3) is 0.818. The van der Waals surface area contributed by atoms with Gasteiger partial charge < -0.3 is 15.3 Å². The van der Waals surface area contributed by atoms with E-state index in [-0.39, 0.29) is 6.03 Å². The quantitative estimate of drug-likeness (QED) is 0.699. The van der Waals surface area contributed by atoms with Crippen molar-refractivity contribution in [1.29, 1.82) is 0 Å². The van der Waals surface area contributed by atoms with Crippen LogP contribution in [0.15, 0.2) is 0 Å². The van der Waals surface area contributed by atoms with Crippen LogP contribution in [0.2, 0.25) is 0 Å². The third-order valence-electron chi connectivity index (χ3n) is 2.34. The lowest BCUT2D eigenvalue weighted by Gasteiger charge is -2.23. The van der Waals surface area contributed by atoms with Crippen LogP contribution in [-0.4, -0.2) is 41.1 Å². The van der Waals surface area contributed by atoms with E-state index in [1.54, 1.807) is 4.90 Å². The van der Waals surface area contributed by atoms with Crippen molar-refractivity contribution in [2.75, 3.05) is 13.1 Å². The van der Waals surface area contributed by atoms with Gasteiger partial charge in [-0.1, -0.05) is 20.3 Å². The highest BCUT2D eigenvalue weighted by Crippen LogP contribution is 1.99. The number of rotatable bonds is 7. The number of carboxylic acid groups (broad SMARTS) is 1. The molecule has 0 saturated carbocycles. The largest absolute Gasteiger partial charge is 0.480 e. The van der Waals surface area contributed by atoms with Gasteiger partial charge in [-0.2, -0.15) is 0 Å². The third kappa shape index (κ3) is 5.00. The molecule has 5 heteroatoms. The van der Waals surface area contributed by atoms with Crippen molar-refractivity contribution < 1.29 is 14.7 Å². The number of carboxylic acids is 1. The molecule has 0 aromatic rings. The van der Waals surface area contributed by atoms with Crippen LogP contribution >= 0.6 is 0 Å². The Balaban J connectivity index is 4.31. The van der Waals surface area contributed by atoms with Crippen LogP contribution in [0, 0.1) is 0 Å². The summed E-state index contributed by atoms with van der Waals surface area (Å²) in [6, 6.07) is -1.06. The van der Waals surface area contributed by atoms with E-state index in [0.29, 0.717) is 19.5 Å². The Hall–Kier alpha value is -1.26. The molecule has 2 N–H and O–H groups in total. The van der Waals surface area contributed by atoms with Gasteiger partial charge in [0.25, 0.3) is 0 Å². The summed E-state index contributed by atoms with van der Waals surface area (Å²) >= 11 is 0. The fourth-order valence-corrected chi connectivity index (χ4v) is 1.46. The summed E-state index contributed by atoms with van der Waals surface area (Å²) in [7, 11) is 0. The van der Waals surface area contributed by atoms with Gasteiger partial charge in [-0.15, -0.1) is 0 Å². The number of amides is 2. The Morgan fingerprint density at radius 3 is 2.25 bits per heavy atom. The van der Waals surface area contributed by atoms with E-state index in [1.807, 2.05) is 20.8 Å². The van der Waals surface area contributed by atoms with Crippen LogP contribution < -0.4 is 5.32 Å². The van der Waals surface area contributed by atoms with Crippen molar-refractivity contribution >= 4 is 12.0 Å². The number of urea groups is 1. The summed E-state index contributed by atoms with van der Waals surface area (Å²) in [4.78, 5) is 24.2. The van der Waals surface area contributed by atoms with Gasteiger partial charge in [-0.05, 0) is 19.8 Å². The molecular weight excluding hydrogens is 208 g/mol. The number of carbonyl (C=O) groups is 2. The van der Waals surface area contributed by atoms with Gasteiger partial charge in [0.15, 0.2) is 0 Å². The van der Waals surface area contributed by atoms with Crippen molar-refractivity contribution in [1.82, 2.24) is 10.2 Å². The molecule has 0 rings (SSSR count). The molecule has 94 valence electrons. The first-order valence-corrected chi connectivity index (χ1v) is 5.84. The average molecular weight is 230 g/mol. The number of carbonyl (C=O) groups excluding carboxylic acids is 1. The second-order valence-electron chi connectivity index (χ2n) is 3.71. The van der Waals surface area contributed by atoms with Crippen molar-refractivity contribution in [2.24, 2.45) is 0 Å². The zero-order valence-electron chi connectivity index (χ0n) is 10.3. The Bertz CT molecular complexity index is 231. The highest BCUT2D eigenvalue weighted by Gasteiger charge is 2.21. The van der Waals surface area contributed by atoms with Crippen LogP contribution in [0.3, 0.4) is 0 Å². The van der Waals surface area contributed by atoms with E-state index in [1.165, 1.54) is 0 Å². The molecule has 2 amide bonds. The second-order valence-corrected chi connectivity index (χ2v) is 3.71. The summed E-state index contributed by atoms with van der Waals surface area (Å²) < 4.78 is 0. The number of nitrogens with one attached hydrogen (secondary N) is 1. The zero-order valence-corrected chi connectivity index (χ0v) is 10.3. The van der Waals surface area contributed by atoms with E-state index < -0.39 is 12.0 Å². The lowest BCUT2D eigenvalue weighted by Crippen LogP contribution is -2.48. The van der Waals surface area contributed by atoms with E-state index in [9.17, 15) is 9.59 Å². The van der Waals surface area contributed by atoms with E-state index in [4.69, 9.17) is 5.11 Å². The molecule has 5 nitrogen and oxygen atoms in total. The predicted molar refractivity (Wildman–Crippen MR) is 62.4 cm³/mol. The first-order chi connectivity index (χ1) is 7.56. The average Bonchev–Trinajstić information content (AvgIpc) is 2.24. The minimum atomic E-state index is -0.970. The highest BCUT2D eigenvalue weighted by atomic mass is 16.4. The van der Waals surface area contributed by atoms with Gasteiger partial charge in [0.05, 0.1) is 0 Å². The van der Waals surface area contributed by atoms with Crippen LogP contribution in [-0.2, 0) is 4.79 Å². The molecule has 0 heterocycles. The molecule has 0 aliphatic heterocycles. The van der Waals surface area contributed by atoms with Gasteiger partial charge in [-0.3, -0.25) is 0 Å². The molecule has 0 aliphatic rings. The molecular formula is C11H22N2O3. The summed E-state index contributed by atoms with van der Waals surface area (Å²) in [5.41, 5.74) is 0. The molecule has 0 fully saturated rings. The smallest absolute Gasteiger partial charge is 0.326 e. The molecule has 0 aliphatic carbocycles. The van der Waals surface area contributed by atoms with Gasteiger partial charge in [-0.25, -0.2) is 9.59 Å². The molecule has 0 aromatic heterocycles. The topological polar surface area (TPSA) is 69.6 Å². The van der Waals surface area contributed by atoms with Gasteiger partial charge in [0.2, 0.25) is 0 Å². The summed E-state index contributed by atoms with van der Waals surface area (Å²) in [5, 5.41) is 11.4. The first-order valence-electron chi connectivity index (χ1n) is 5.84. The van der Waals surface area contributed by atoms with Crippen molar-refractivity contribution in [3.63, 3.8) is 0 Å². The number of hydrogen-bond donors (Lipinski definition) is 2. The minimum Gasteiger partial charge on any atom is -0.480 e. The number of hydrogen-bond acceptors (Lipinski definition) is 2. The molecule has 0 radical (unpaired) electrons. The molecule has 0 spiro atoms. The van der Waals surface area contributed by atoms with Crippen LogP contribution in [0.5, 0.6) is 0 Å². The third-order valence-corrected chi connectivity index (χ3v) is 2.34.